The van der Waals surface area contributed by atoms with Crippen molar-refractivity contribution in [2.45, 2.75) is 44.8 Å². The van der Waals surface area contributed by atoms with Gasteiger partial charge in [-0.3, -0.25) is 5.10 Å². The Morgan fingerprint density at radius 2 is 2.14 bits per heavy atom. The first-order valence-electron chi connectivity index (χ1n) is 6.68. The molecule has 2 aromatic heterocycles. The van der Waals surface area contributed by atoms with Crippen LogP contribution in [0.5, 0.6) is 0 Å². The van der Waals surface area contributed by atoms with Gasteiger partial charge in [-0.25, -0.2) is 13.1 Å². The summed E-state index contributed by atoms with van der Waals surface area (Å²) in [7, 11) is -3.58. The normalized spacial score (nSPS) is 12.2. The lowest BCUT2D eigenvalue weighted by Crippen LogP contribution is -2.27. The number of thiophene rings is 1. The van der Waals surface area contributed by atoms with Gasteiger partial charge in [0.15, 0.2) is 0 Å². The molecule has 0 aliphatic carbocycles. The van der Waals surface area contributed by atoms with Crippen molar-refractivity contribution >= 4 is 21.4 Å². The van der Waals surface area contributed by atoms with E-state index in [9.17, 15) is 8.42 Å². The molecule has 0 radical (unpaired) electrons. The number of sulfonamides is 1. The maximum absolute atomic E-state index is 12.5. The van der Waals surface area contributed by atoms with Gasteiger partial charge in [0, 0.05) is 19.1 Å². The van der Waals surface area contributed by atoms with Gasteiger partial charge in [0.05, 0.1) is 11.4 Å². The van der Waals surface area contributed by atoms with E-state index in [1.165, 1.54) is 0 Å². The minimum atomic E-state index is -3.58. The molecule has 2 aromatic rings. The largest absolute Gasteiger partial charge is 0.309 e. The summed E-state index contributed by atoms with van der Waals surface area (Å²) in [4.78, 5) is 0.242. The molecule has 2 rings (SSSR count). The average molecular weight is 328 g/mol. The summed E-state index contributed by atoms with van der Waals surface area (Å²) in [6, 6.07) is 2.16. The zero-order valence-electron chi connectivity index (χ0n) is 12.3. The Balaban J connectivity index is 2.16. The maximum atomic E-state index is 12.5. The second-order valence-electron chi connectivity index (χ2n) is 5.12. The van der Waals surface area contributed by atoms with Gasteiger partial charge in [0.25, 0.3) is 0 Å². The monoisotopic (exact) mass is 328 g/mol. The highest BCUT2D eigenvalue weighted by Gasteiger charge is 2.24. The Morgan fingerprint density at radius 3 is 2.76 bits per heavy atom. The van der Waals surface area contributed by atoms with Crippen molar-refractivity contribution in [1.82, 2.24) is 20.2 Å². The summed E-state index contributed by atoms with van der Waals surface area (Å²) in [5.41, 5.74) is 2.01. The fourth-order valence-corrected chi connectivity index (χ4v) is 3.94. The summed E-state index contributed by atoms with van der Waals surface area (Å²) in [6.07, 6.45) is 0. The zero-order valence-corrected chi connectivity index (χ0v) is 13.9. The Bertz CT molecular complexity index is 675. The number of aromatic nitrogens is 2. The first-order chi connectivity index (χ1) is 9.90. The predicted octanol–water partition coefficient (Wildman–Crippen LogP) is 1.76. The highest BCUT2D eigenvalue weighted by molar-refractivity contribution is 7.89. The van der Waals surface area contributed by atoms with Gasteiger partial charge < -0.3 is 5.32 Å². The molecule has 0 amide bonds. The minimum absolute atomic E-state index is 0.242. The third-order valence-corrected chi connectivity index (χ3v) is 5.29. The number of H-pyrrole nitrogens is 1. The molecule has 3 N–H and O–H groups in total. The third-order valence-electron chi connectivity index (χ3n) is 2.95. The van der Waals surface area contributed by atoms with Gasteiger partial charge in [-0.2, -0.15) is 16.4 Å². The van der Waals surface area contributed by atoms with Crippen molar-refractivity contribution < 1.29 is 8.42 Å². The van der Waals surface area contributed by atoms with E-state index in [0.717, 1.165) is 5.56 Å². The zero-order chi connectivity index (χ0) is 15.5. The van der Waals surface area contributed by atoms with E-state index in [1.807, 2.05) is 30.7 Å². The van der Waals surface area contributed by atoms with Crippen molar-refractivity contribution in [3.8, 4) is 0 Å². The van der Waals surface area contributed by atoms with Crippen LogP contribution in [0.3, 0.4) is 0 Å². The maximum Gasteiger partial charge on any atom is 0.244 e. The highest BCUT2D eigenvalue weighted by Crippen LogP contribution is 2.18. The van der Waals surface area contributed by atoms with Crippen LogP contribution in [0.2, 0.25) is 0 Å². The Hall–Kier alpha value is -1.22. The number of nitrogens with one attached hydrogen (secondary N) is 3. The van der Waals surface area contributed by atoms with Crippen molar-refractivity contribution in [2.75, 3.05) is 0 Å². The molecule has 0 fully saturated rings. The van der Waals surface area contributed by atoms with Crippen LogP contribution in [0.15, 0.2) is 21.7 Å². The van der Waals surface area contributed by atoms with Crippen LogP contribution in [-0.2, 0) is 23.1 Å². The standard InChI is InChI=1S/C13H20N4O2S2/c1-9(2)14-7-12-13(10(3)16-17-12)21(18,19)15-6-11-4-5-20-8-11/h4-5,8-9,14-15H,6-7H2,1-3H3,(H,16,17). The molecule has 0 unspecified atom stereocenters. The first kappa shape index (κ1) is 16.2. The van der Waals surface area contributed by atoms with Gasteiger partial charge in [0.1, 0.15) is 4.90 Å². The molecule has 0 spiro atoms. The molecule has 0 aromatic carbocycles. The molecule has 0 aliphatic rings. The van der Waals surface area contributed by atoms with Crippen molar-refractivity contribution in [3.05, 3.63) is 33.8 Å². The fraction of sp³-hybridized carbons (Fsp3) is 0.462. The lowest BCUT2D eigenvalue weighted by atomic mass is 10.3. The van der Waals surface area contributed by atoms with E-state index in [4.69, 9.17) is 0 Å². The second-order valence-corrected chi connectivity index (χ2v) is 7.60. The molecule has 2 heterocycles. The van der Waals surface area contributed by atoms with E-state index < -0.39 is 10.0 Å². The van der Waals surface area contributed by atoms with Crippen LogP contribution in [0.1, 0.15) is 30.8 Å². The van der Waals surface area contributed by atoms with Gasteiger partial charge in [-0.05, 0) is 29.3 Å². The number of aromatic amines is 1. The molecule has 116 valence electrons. The van der Waals surface area contributed by atoms with Crippen molar-refractivity contribution in [1.29, 1.82) is 0 Å². The lowest BCUT2D eigenvalue weighted by Gasteiger charge is -2.09. The molecule has 21 heavy (non-hydrogen) atoms. The van der Waals surface area contributed by atoms with Crippen LogP contribution >= 0.6 is 11.3 Å². The Kier molecular flexibility index (Phi) is 5.15. The average Bonchev–Trinajstić information content (AvgIpc) is 3.03. The van der Waals surface area contributed by atoms with Crippen LogP contribution in [0, 0.1) is 6.92 Å². The molecule has 0 saturated carbocycles. The number of aryl methyl sites for hydroxylation is 1. The van der Waals surface area contributed by atoms with Gasteiger partial charge in [-0.15, -0.1) is 0 Å². The summed E-state index contributed by atoms with van der Waals surface area (Å²) >= 11 is 1.54. The Morgan fingerprint density at radius 1 is 1.38 bits per heavy atom. The van der Waals surface area contributed by atoms with E-state index in [2.05, 4.69) is 20.2 Å². The second kappa shape index (κ2) is 6.69. The van der Waals surface area contributed by atoms with Crippen molar-refractivity contribution in [3.63, 3.8) is 0 Å². The quantitative estimate of drug-likeness (QED) is 0.723. The smallest absolute Gasteiger partial charge is 0.244 e. The topological polar surface area (TPSA) is 86.9 Å². The van der Waals surface area contributed by atoms with Gasteiger partial charge >= 0.3 is 0 Å². The number of nitrogens with zero attached hydrogens (tertiary/aromatic N) is 1. The van der Waals surface area contributed by atoms with Crippen LogP contribution in [-0.4, -0.2) is 24.7 Å². The molecule has 0 bridgehead atoms. The summed E-state index contributed by atoms with van der Waals surface area (Å²) in [6.45, 7) is 6.42. The van der Waals surface area contributed by atoms with Crippen LogP contribution in [0.4, 0.5) is 0 Å². The van der Waals surface area contributed by atoms with E-state index >= 15 is 0 Å². The third kappa shape index (κ3) is 4.13. The van der Waals surface area contributed by atoms with Crippen LogP contribution < -0.4 is 10.0 Å². The van der Waals surface area contributed by atoms with Gasteiger partial charge in [-0.1, -0.05) is 13.8 Å². The van der Waals surface area contributed by atoms with Gasteiger partial charge in [0.2, 0.25) is 10.0 Å². The predicted molar refractivity (Wildman–Crippen MR) is 83.6 cm³/mol. The molecule has 0 saturated heterocycles. The molecule has 8 heteroatoms. The highest BCUT2D eigenvalue weighted by atomic mass is 32.2. The molecular formula is C13H20N4O2S2. The number of hydrogen-bond donors (Lipinski definition) is 3. The molecular weight excluding hydrogens is 308 g/mol. The fourth-order valence-electron chi connectivity index (χ4n) is 1.89. The summed E-state index contributed by atoms with van der Waals surface area (Å²) in [5.74, 6) is 0. The summed E-state index contributed by atoms with van der Waals surface area (Å²) < 4.78 is 27.6. The van der Waals surface area contributed by atoms with E-state index in [-0.39, 0.29) is 17.5 Å². The van der Waals surface area contributed by atoms with Crippen LogP contribution in [0.25, 0.3) is 0 Å². The van der Waals surface area contributed by atoms with Crippen molar-refractivity contribution in [2.24, 2.45) is 0 Å². The van der Waals surface area contributed by atoms with E-state index in [1.54, 1.807) is 18.3 Å². The molecule has 6 nitrogen and oxygen atoms in total. The van der Waals surface area contributed by atoms with E-state index in [0.29, 0.717) is 17.9 Å². The molecule has 0 aliphatic heterocycles. The summed E-state index contributed by atoms with van der Waals surface area (Å²) in [5, 5.41) is 13.9. The number of hydrogen-bond acceptors (Lipinski definition) is 5. The Labute approximate surface area is 129 Å². The lowest BCUT2D eigenvalue weighted by molar-refractivity contribution is 0.563. The first-order valence-corrected chi connectivity index (χ1v) is 9.10. The number of rotatable bonds is 7. The SMILES string of the molecule is Cc1[nH]nc(CNC(C)C)c1S(=O)(=O)NCc1ccsc1. The molecule has 0 atom stereocenters. The minimum Gasteiger partial charge on any atom is -0.309 e.